The molecule has 0 unspecified atom stereocenters. The summed E-state index contributed by atoms with van der Waals surface area (Å²) >= 11 is -0.315. The Hall–Kier alpha value is -1.68. The summed E-state index contributed by atoms with van der Waals surface area (Å²) in [6.07, 6.45) is -0.350. The minimum Gasteiger partial charge on any atom is -0.466 e. The lowest BCUT2D eigenvalue weighted by atomic mass is 10.0. The van der Waals surface area contributed by atoms with Gasteiger partial charge in [0.1, 0.15) is 0 Å². The number of rotatable bonds is 4. The molecule has 0 radical (unpaired) electrons. The highest BCUT2D eigenvalue weighted by atomic mass is 32.2. The standard InChI is InChI=1S/C13H12F3NO2S/c1-3-19-11(18)6-10-9(7-17)5-4-8(2)12(10)20-13(14,15)16/h4-5H,3,6H2,1-2H3. The van der Waals surface area contributed by atoms with Crippen molar-refractivity contribution in [3.05, 3.63) is 28.8 Å². The summed E-state index contributed by atoms with van der Waals surface area (Å²) in [6.45, 7) is 3.24. The van der Waals surface area contributed by atoms with Gasteiger partial charge in [-0.05, 0) is 42.8 Å². The Kier molecular flexibility index (Phi) is 5.45. The lowest BCUT2D eigenvalue weighted by Crippen LogP contribution is -2.11. The third kappa shape index (κ3) is 4.46. The second-order valence-electron chi connectivity index (χ2n) is 3.88. The van der Waals surface area contributed by atoms with Crippen LogP contribution in [0.15, 0.2) is 17.0 Å². The molecule has 0 bridgehead atoms. The zero-order valence-corrected chi connectivity index (χ0v) is 11.7. The maximum Gasteiger partial charge on any atom is 0.446 e. The van der Waals surface area contributed by atoms with Gasteiger partial charge in [-0.2, -0.15) is 18.4 Å². The minimum atomic E-state index is -4.48. The molecule has 1 rings (SSSR count). The Bertz CT molecular complexity index is 550. The Morgan fingerprint density at radius 3 is 2.60 bits per heavy atom. The van der Waals surface area contributed by atoms with Crippen LogP contribution >= 0.6 is 11.8 Å². The number of nitrogens with zero attached hydrogens (tertiary/aromatic N) is 1. The van der Waals surface area contributed by atoms with E-state index in [2.05, 4.69) is 0 Å². The monoisotopic (exact) mass is 303 g/mol. The smallest absolute Gasteiger partial charge is 0.446 e. The summed E-state index contributed by atoms with van der Waals surface area (Å²) < 4.78 is 42.5. The van der Waals surface area contributed by atoms with Crippen molar-refractivity contribution in [2.24, 2.45) is 0 Å². The number of halogens is 3. The van der Waals surface area contributed by atoms with Gasteiger partial charge in [-0.3, -0.25) is 4.79 Å². The molecule has 0 aliphatic carbocycles. The van der Waals surface area contributed by atoms with Crippen molar-refractivity contribution in [3.63, 3.8) is 0 Å². The number of benzene rings is 1. The molecule has 0 saturated carbocycles. The molecule has 0 aliphatic heterocycles. The van der Waals surface area contributed by atoms with Crippen molar-refractivity contribution in [1.82, 2.24) is 0 Å². The molecule has 0 atom stereocenters. The van der Waals surface area contributed by atoms with Crippen molar-refractivity contribution >= 4 is 17.7 Å². The maximum absolute atomic E-state index is 12.6. The quantitative estimate of drug-likeness (QED) is 0.630. The highest BCUT2D eigenvalue weighted by Gasteiger charge is 2.32. The van der Waals surface area contributed by atoms with E-state index in [1.54, 1.807) is 6.92 Å². The fourth-order valence-electron chi connectivity index (χ4n) is 1.64. The number of alkyl halides is 3. The summed E-state index contributed by atoms with van der Waals surface area (Å²) in [5.74, 6) is -0.654. The van der Waals surface area contributed by atoms with Crippen LogP contribution in [0.4, 0.5) is 13.2 Å². The van der Waals surface area contributed by atoms with Gasteiger partial charge in [0.15, 0.2) is 0 Å². The van der Waals surface area contributed by atoms with Gasteiger partial charge in [0.25, 0.3) is 0 Å². The number of ether oxygens (including phenoxy) is 1. The first-order valence-electron chi connectivity index (χ1n) is 5.72. The van der Waals surface area contributed by atoms with Gasteiger partial charge in [-0.15, -0.1) is 0 Å². The Balaban J connectivity index is 3.26. The molecule has 1 aromatic rings. The van der Waals surface area contributed by atoms with Crippen molar-refractivity contribution in [2.75, 3.05) is 6.61 Å². The topological polar surface area (TPSA) is 50.1 Å². The maximum atomic E-state index is 12.6. The summed E-state index contributed by atoms with van der Waals surface area (Å²) in [7, 11) is 0. The van der Waals surface area contributed by atoms with Crippen LogP contribution < -0.4 is 0 Å². The molecule has 0 aliphatic rings. The first-order valence-corrected chi connectivity index (χ1v) is 6.54. The number of aryl methyl sites for hydroxylation is 1. The van der Waals surface area contributed by atoms with Crippen molar-refractivity contribution in [1.29, 1.82) is 5.26 Å². The van der Waals surface area contributed by atoms with Crippen molar-refractivity contribution < 1.29 is 22.7 Å². The highest BCUT2D eigenvalue weighted by molar-refractivity contribution is 8.00. The summed E-state index contributed by atoms with van der Waals surface area (Å²) in [5.41, 5.74) is -4.00. The van der Waals surface area contributed by atoms with Crippen molar-refractivity contribution in [3.8, 4) is 6.07 Å². The third-order valence-electron chi connectivity index (χ3n) is 2.42. The molecular formula is C13H12F3NO2S. The van der Waals surface area contributed by atoms with E-state index in [4.69, 9.17) is 10.00 Å². The molecule has 0 aromatic heterocycles. The average Bonchev–Trinajstić information content (AvgIpc) is 2.33. The Morgan fingerprint density at radius 1 is 1.45 bits per heavy atom. The third-order valence-corrected chi connectivity index (χ3v) is 3.43. The minimum absolute atomic E-state index is 0.0513. The molecule has 0 saturated heterocycles. The molecule has 0 amide bonds. The predicted molar refractivity (Wildman–Crippen MR) is 68.1 cm³/mol. The number of carbonyl (C=O) groups excluding carboxylic acids is 1. The summed E-state index contributed by atoms with van der Waals surface area (Å²) in [6, 6.07) is 4.65. The Labute approximate surface area is 118 Å². The first kappa shape index (κ1) is 16.4. The molecule has 3 nitrogen and oxygen atoms in total. The molecule has 0 N–H and O–H groups in total. The van der Waals surface area contributed by atoms with Gasteiger partial charge in [0.05, 0.1) is 24.7 Å². The van der Waals surface area contributed by atoms with E-state index < -0.39 is 11.5 Å². The number of hydrogen-bond donors (Lipinski definition) is 0. The zero-order valence-electron chi connectivity index (χ0n) is 10.9. The lowest BCUT2D eigenvalue weighted by Gasteiger charge is -2.14. The number of hydrogen-bond acceptors (Lipinski definition) is 4. The SMILES string of the molecule is CCOC(=O)Cc1c(C#N)ccc(C)c1SC(F)(F)F. The molecule has 7 heteroatoms. The van der Waals surface area contributed by atoms with Gasteiger partial charge in [-0.25, -0.2) is 0 Å². The number of esters is 1. The second kappa shape index (κ2) is 6.66. The van der Waals surface area contributed by atoms with E-state index in [0.717, 1.165) is 0 Å². The first-order chi connectivity index (χ1) is 9.28. The lowest BCUT2D eigenvalue weighted by molar-refractivity contribution is -0.142. The Morgan fingerprint density at radius 2 is 2.10 bits per heavy atom. The van der Waals surface area contributed by atoms with Gasteiger partial charge < -0.3 is 4.74 Å². The summed E-state index contributed by atoms with van der Waals surface area (Å²) in [4.78, 5) is 11.4. The summed E-state index contributed by atoms with van der Waals surface area (Å²) in [5, 5.41) is 8.98. The van der Waals surface area contributed by atoms with Crippen LogP contribution in [0.3, 0.4) is 0 Å². The largest absolute Gasteiger partial charge is 0.466 e. The normalized spacial score (nSPS) is 11.0. The van der Waals surface area contributed by atoms with E-state index in [0.29, 0.717) is 5.56 Å². The van der Waals surface area contributed by atoms with Crippen LogP contribution in [-0.4, -0.2) is 18.1 Å². The fourth-order valence-corrected chi connectivity index (χ4v) is 2.41. The molecule has 1 aromatic carbocycles. The number of carbonyl (C=O) groups is 1. The molecule has 108 valence electrons. The second-order valence-corrected chi connectivity index (χ2v) is 4.95. The van der Waals surface area contributed by atoms with Crippen LogP contribution in [0.25, 0.3) is 0 Å². The molecule has 0 heterocycles. The average molecular weight is 303 g/mol. The number of thioether (sulfide) groups is 1. The molecule has 0 spiro atoms. The number of nitriles is 1. The van der Waals surface area contributed by atoms with E-state index in [1.807, 2.05) is 6.07 Å². The van der Waals surface area contributed by atoms with E-state index in [-0.39, 0.29) is 40.8 Å². The predicted octanol–water partition coefficient (Wildman–Crippen LogP) is 3.58. The van der Waals surface area contributed by atoms with Gasteiger partial charge in [0.2, 0.25) is 0 Å². The van der Waals surface area contributed by atoms with Crippen LogP contribution in [0.5, 0.6) is 0 Å². The van der Waals surface area contributed by atoms with Crippen LogP contribution in [-0.2, 0) is 16.0 Å². The van der Waals surface area contributed by atoms with Gasteiger partial charge >= 0.3 is 11.5 Å². The fraction of sp³-hybridized carbons (Fsp3) is 0.385. The highest BCUT2D eigenvalue weighted by Crippen LogP contribution is 2.41. The van der Waals surface area contributed by atoms with E-state index in [1.165, 1.54) is 19.1 Å². The zero-order chi connectivity index (χ0) is 15.3. The van der Waals surface area contributed by atoms with Gasteiger partial charge in [0, 0.05) is 4.90 Å². The van der Waals surface area contributed by atoms with Crippen LogP contribution in [0.2, 0.25) is 0 Å². The van der Waals surface area contributed by atoms with E-state index >= 15 is 0 Å². The molecule has 20 heavy (non-hydrogen) atoms. The molecule has 0 fully saturated rings. The van der Waals surface area contributed by atoms with E-state index in [9.17, 15) is 18.0 Å². The van der Waals surface area contributed by atoms with Crippen molar-refractivity contribution in [2.45, 2.75) is 30.7 Å². The van der Waals surface area contributed by atoms with Crippen LogP contribution in [0.1, 0.15) is 23.6 Å². The molecular weight excluding hydrogens is 291 g/mol. The van der Waals surface area contributed by atoms with Gasteiger partial charge in [-0.1, -0.05) is 6.07 Å². The van der Waals surface area contributed by atoms with Crippen LogP contribution in [0, 0.1) is 18.3 Å².